The van der Waals surface area contributed by atoms with E-state index in [-0.39, 0.29) is 29.5 Å². The summed E-state index contributed by atoms with van der Waals surface area (Å²) in [6.07, 6.45) is 9.77. The molecule has 0 heterocycles. The van der Waals surface area contributed by atoms with E-state index in [1.165, 1.54) is 32.8 Å². The van der Waals surface area contributed by atoms with Gasteiger partial charge in [0.15, 0.2) is 0 Å². The summed E-state index contributed by atoms with van der Waals surface area (Å²) in [5.41, 5.74) is 0.533. The number of hydrogen-bond acceptors (Lipinski definition) is 4. The molecule has 0 aromatic carbocycles. The number of ether oxygens (including phenoxy) is 1. The van der Waals surface area contributed by atoms with Crippen molar-refractivity contribution in [2.24, 2.45) is 46.3 Å². The third-order valence-electron chi connectivity index (χ3n) is 10.4. The fraction of sp³-hybridized carbons (Fsp3) is 0.960. The highest BCUT2D eigenvalue weighted by Crippen LogP contribution is 2.68. The van der Waals surface area contributed by atoms with Crippen LogP contribution in [0.2, 0.25) is 0 Å². The van der Waals surface area contributed by atoms with E-state index in [1.807, 2.05) is 0 Å². The molecule has 166 valence electrons. The molecule has 4 saturated carbocycles. The monoisotopic (exact) mass is 406 g/mol. The Hall–Kier alpha value is -0.610. The van der Waals surface area contributed by atoms with Crippen LogP contribution in [0.1, 0.15) is 85.0 Å². The molecule has 4 aliphatic rings. The molecular formula is C25H42O4. The topological polar surface area (TPSA) is 66.8 Å². The van der Waals surface area contributed by atoms with E-state index < -0.39 is 0 Å². The average molecular weight is 407 g/mol. The van der Waals surface area contributed by atoms with Crippen molar-refractivity contribution in [1.29, 1.82) is 0 Å². The Labute approximate surface area is 176 Å². The van der Waals surface area contributed by atoms with Gasteiger partial charge < -0.3 is 14.9 Å². The second-order valence-corrected chi connectivity index (χ2v) is 11.5. The molecule has 10 atom stereocenters. The van der Waals surface area contributed by atoms with E-state index >= 15 is 0 Å². The molecule has 0 aromatic heterocycles. The van der Waals surface area contributed by atoms with Gasteiger partial charge in [0.2, 0.25) is 0 Å². The minimum Gasteiger partial charge on any atom is -0.469 e. The number of methoxy groups -OCH3 is 1. The maximum absolute atomic E-state index is 11.6. The minimum atomic E-state index is -0.255. The van der Waals surface area contributed by atoms with Crippen LogP contribution in [0.5, 0.6) is 0 Å². The van der Waals surface area contributed by atoms with Gasteiger partial charge in [-0.15, -0.1) is 0 Å². The van der Waals surface area contributed by atoms with Crippen LogP contribution in [0.15, 0.2) is 0 Å². The summed E-state index contributed by atoms with van der Waals surface area (Å²) in [6.45, 7) is 7.28. The zero-order valence-corrected chi connectivity index (χ0v) is 18.9. The maximum Gasteiger partial charge on any atom is 0.305 e. The first-order valence-electron chi connectivity index (χ1n) is 12.1. The van der Waals surface area contributed by atoms with Gasteiger partial charge in [0.05, 0.1) is 19.3 Å². The second-order valence-electron chi connectivity index (χ2n) is 11.5. The highest BCUT2D eigenvalue weighted by atomic mass is 16.5. The molecule has 0 spiro atoms. The Morgan fingerprint density at radius 3 is 2.41 bits per heavy atom. The molecule has 0 radical (unpaired) electrons. The van der Waals surface area contributed by atoms with Crippen molar-refractivity contribution in [3.05, 3.63) is 0 Å². The molecule has 4 nitrogen and oxygen atoms in total. The van der Waals surface area contributed by atoms with Crippen LogP contribution < -0.4 is 0 Å². The van der Waals surface area contributed by atoms with Crippen molar-refractivity contribution in [3.63, 3.8) is 0 Å². The van der Waals surface area contributed by atoms with Crippen LogP contribution in [0.3, 0.4) is 0 Å². The first kappa shape index (κ1) is 21.6. The molecule has 0 bridgehead atoms. The lowest BCUT2D eigenvalue weighted by molar-refractivity contribution is -0.172. The highest BCUT2D eigenvalue weighted by Gasteiger charge is 2.62. The molecule has 7 unspecified atom stereocenters. The molecule has 4 fully saturated rings. The summed E-state index contributed by atoms with van der Waals surface area (Å²) in [6, 6.07) is 0. The Morgan fingerprint density at radius 1 is 1.00 bits per heavy atom. The quantitative estimate of drug-likeness (QED) is 0.671. The Bertz CT molecular complexity index is 620. The van der Waals surface area contributed by atoms with Crippen LogP contribution in [0, 0.1) is 46.3 Å². The summed E-state index contributed by atoms with van der Waals surface area (Å²) in [5, 5.41) is 21.3. The third kappa shape index (κ3) is 3.46. The molecule has 29 heavy (non-hydrogen) atoms. The first-order valence-corrected chi connectivity index (χ1v) is 12.1. The van der Waals surface area contributed by atoms with Gasteiger partial charge in [0.25, 0.3) is 0 Å². The van der Waals surface area contributed by atoms with Gasteiger partial charge in [0, 0.05) is 6.42 Å². The van der Waals surface area contributed by atoms with E-state index in [1.54, 1.807) is 0 Å². The largest absolute Gasteiger partial charge is 0.469 e. The summed E-state index contributed by atoms with van der Waals surface area (Å²) in [5.74, 6) is 3.42. The summed E-state index contributed by atoms with van der Waals surface area (Å²) >= 11 is 0. The number of rotatable bonds is 4. The number of esters is 1. The molecule has 0 amide bonds. The van der Waals surface area contributed by atoms with Crippen LogP contribution in [0.4, 0.5) is 0 Å². The van der Waals surface area contributed by atoms with Crippen molar-refractivity contribution >= 4 is 5.97 Å². The Morgan fingerprint density at radius 2 is 1.69 bits per heavy atom. The van der Waals surface area contributed by atoms with Gasteiger partial charge in [-0.1, -0.05) is 20.8 Å². The van der Waals surface area contributed by atoms with Crippen molar-refractivity contribution in [2.75, 3.05) is 7.11 Å². The van der Waals surface area contributed by atoms with E-state index in [0.29, 0.717) is 41.4 Å². The number of aliphatic hydroxyl groups excluding tert-OH is 2. The van der Waals surface area contributed by atoms with Gasteiger partial charge in [-0.3, -0.25) is 4.79 Å². The lowest BCUT2D eigenvalue weighted by Gasteiger charge is -2.62. The number of aliphatic hydroxyl groups is 2. The fourth-order valence-electron chi connectivity index (χ4n) is 8.90. The lowest BCUT2D eigenvalue weighted by Crippen LogP contribution is -2.58. The molecule has 0 aromatic rings. The van der Waals surface area contributed by atoms with Gasteiger partial charge >= 0.3 is 5.97 Å². The van der Waals surface area contributed by atoms with Gasteiger partial charge in [-0.2, -0.15) is 0 Å². The summed E-state index contributed by atoms with van der Waals surface area (Å²) in [7, 11) is 1.48. The predicted octanol–water partition coefficient (Wildman–Crippen LogP) is 4.57. The van der Waals surface area contributed by atoms with Crippen LogP contribution in [0.25, 0.3) is 0 Å². The van der Waals surface area contributed by atoms with Crippen molar-refractivity contribution in [3.8, 4) is 0 Å². The molecule has 0 aliphatic heterocycles. The van der Waals surface area contributed by atoms with Gasteiger partial charge in [-0.25, -0.2) is 0 Å². The maximum atomic E-state index is 11.6. The second kappa shape index (κ2) is 7.82. The standard InChI is InChI=1S/C25H42O4/c1-15(5-8-23(28)29-4)18-6-7-19-17-14-22(27)21-13-16(26)9-11-25(21,3)20(17)10-12-24(18,19)2/h15-22,26-27H,5-14H2,1-4H3/t15?,16-,17?,18?,19?,20?,21+,22+,24?,25?/m1/s1. The molecule has 4 heteroatoms. The fourth-order valence-corrected chi connectivity index (χ4v) is 8.90. The van der Waals surface area contributed by atoms with Crippen LogP contribution >= 0.6 is 0 Å². The molecule has 4 aliphatic carbocycles. The van der Waals surface area contributed by atoms with Crippen LogP contribution in [-0.2, 0) is 9.53 Å². The number of carbonyl (C=O) groups excluding carboxylic acids is 1. The van der Waals surface area contributed by atoms with E-state index in [9.17, 15) is 15.0 Å². The van der Waals surface area contributed by atoms with Crippen molar-refractivity contribution < 1.29 is 19.7 Å². The van der Waals surface area contributed by atoms with E-state index in [2.05, 4.69) is 20.8 Å². The van der Waals surface area contributed by atoms with E-state index in [0.717, 1.165) is 32.1 Å². The zero-order chi connectivity index (χ0) is 21.0. The highest BCUT2D eigenvalue weighted by molar-refractivity contribution is 5.69. The number of fused-ring (bicyclic) bond motifs is 5. The molecular weight excluding hydrogens is 364 g/mol. The van der Waals surface area contributed by atoms with Crippen molar-refractivity contribution in [1.82, 2.24) is 0 Å². The zero-order valence-electron chi connectivity index (χ0n) is 18.9. The molecule has 4 rings (SSSR count). The molecule has 2 N–H and O–H groups in total. The molecule has 0 saturated heterocycles. The summed E-state index contributed by atoms with van der Waals surface area (Å²) in [4.78, 5) is 11.6. The number of carbonyl (C=O) groups is 1. The predicted molar refractivity (Wildman–Crippen MR) is 113 cm³/mol. The minimum absolute atomic E-state index is 0.0888. The SMILES string of the molecule is COC(=O)CCC(C)C1CCC2C3C[C@H](O)[C@@H]4C[C@H](O)CCC4(C)C3CCC12C. The lowest BCUT2D eigenvalue weighted by atomic mass is 9.44. The van der Waals surface area contributed by atoms with Crippen molar-refractivity contribution in [2.45, 2.75) is 97.2 Å². The van der Waals surface area contributed by atoms with Gasteiger partial charge in [0.1, 0.15) is 0 Å². The van der Waals surface area contributed by atoms with Gasteiger partial charge in [-0.05, 0) is 104 Å². The normalized spacial score (nSPS) is 50.2. The summed E-state index contributed by atoms with van der Waals surface area (Å²) < 4.78 is 4.86. The van der Waals surface area contributed by atoms with Crippen LogP contribution in [-0.4, -0.2) is 35.5 Å². The smallest absolute Gasteiger partial charge is 0.305 e. The number of hydrogen-bond donors (Lipinski definition) is 2. The first-order chi connectivity index (χ1) is 13.7. The van der Waals surface area contributed by atoms with E-state index in [4.69, 9.17) is 4.74 Å². The Balaban J connectivity index is 1.52. The third-order valence-corrected chi connectivity index (χ3v) is 10.4. The average Bonchev–Trinajstić information content (AvgIpc) is 3.05. The Kier molecular flexibility index (Phi) is 5.83.